The minimum absolute atomic E-state index is 0.0998. The fourth-order valence-electron chi connectivity index (χ4n) is 4.08. The van der Waals surface area contributed by atoms with Crippen LogP contribution in [-0.4, -0.2) is 17.9 Å². The number of rotatable bonds is 2. The van der Waals surface area contributed by atoms with E-state index in [1.807, 2.05) is 6.92 Å². The lowest BCUT2D eigenvalue weighted by atomic mass is 9.59. The maximum Gasteiger partial charge on any atom is 0.303 e. The molecule has 3 nitrogen and oxygen atoms in total. The van der Waals surface area contributed by atoms with Gasteiger partial charge in [0.2, 0.25) is 0 Å². The first-order valence-electron chi connectivity index (χ1n) is 7.69. The number of hydrogen-bond acceptors (Lipinski definition) is 3. The van der Waals surface area contributed by atoms with Crippen molar-refractivity contribution in [3.05, 3.63) is 11.6 Å². The highest BCUT2D eigenvalue weighted by molar-refractivity contribution is 5.83. The molecule has 1 saturated carbocycles. The van der Waals surface area contributed by atoms with Gasteiger partial charge in [-0.25, -0.2) is 0 Å². The van der Waals surface area contributed by atoms with Gasteiger partial charge < -0.3 is 4.74 Å². The van der Waals surface area contributed by atoms with Crippen molar-refractivity contribution in [3.63, 3.8) is 0 Å². The molecule has 0 N–H and O–H groups in total. The second-order valence-corrected chi connectivity index (χ2v) is 6.90. The van der Waals surface area contributed by atoms with Crippen LogP contribution in [0.2, 0.25) is 0 Å². The van der Waals surface area contributed by atoms with Crippen molar-refractivity contribution in [3.8, 4) is 0 Å². The number of hydrogen-bond donors (Lipinski definition) is 0. The Morgan fingerprint density at radius 2 is 2.05 bits per heavy atom. The standard InChI is InChI=1S/C17H26O3/c1-9(2)17-14-6-11(4)16(20-12(5)18)8-13(14)10(3)7-15(17)19/h6,9-10,13-14,16-17H,7-8H2,1-5H3/t10-,13+,14+,16+,17+/m1/s1. The second kappa shape index (κ2) is 5.71. The van der Waals surface area contributed by atoms with Crippen LogP contribution < -0.4 is 0 Å². The van der Waals surface area contributed by atoms with E-state index in [9.17, 15) is 9.59 Å². The highest BCUT2D eigenvalue weighted by Crippen LogP contribution is 2.47. The number of carbonyl (C=O) groups is 2. The number of fused-ring (bicyclic) bond motifs is 1. The number of esters is 1. The summed E-state index contributed by atoms with van der Waals surface area (Å²) in [6, 6.07) is 0. The number of Topliss-reactive ketones (excluding diaryl/α,β-unsaturated/α-hetero) is 1. The maximum atomic E-state index is 12.4. The van der Waals surface area contributed by atoms with Gasteiger partial charge in [0.05, 0.1) is 0 Å². The molecule has 2 aliphatic rings. The van der Waals surface area contributed by atoms with Crippen LogP contribution in [0.5, 0.6) is 0 Å². The van der Waals surface area contributed by atoms with Crippen molar-refractivity contribution >= 4 is 11.8 Å². The first-order valence-corrected chi connectivity index (χ1v) is 7.69. The van der Waals surface area contributed by atoms with E-state index in [1.54, 1.807) is 0 Å². The van der Waals surface area contributed by atoms with E-state index in [1.165, 1.54) is 6.92 Å². The van der Waals surface area contributed by atoms with Crippen LogP contribution in [0.3, 0.4) is 0 Å². The molecule has 0 spiro atoms. The molecule has 0 aromatic rings. The molecule has 0 radical (unpaired) electrons. The maximum absolute atomic E-state index is 12.4. The Morgan fingerprint density at radius 3 is 2.60 bits per heavy atom. The van der Waals surface area contributed by atoms with E-state index in [2.05, 4.69) is 26.8 Å². The molecule has 2 aliphatic carbocycles. The Kier molecular flexibility index (Phi) is 4.36. The summed E-state index contributed by atoms with van der Waals surface area (Å²) in [5, 5.41) is 0. The van der Waals surface area contributed by atoms with Crippen molar-refractivity contribution in [1.82, 2.24) is 0 Å². The molecule has 1 fully saturated rings. The summed E-state index contributed by atoms with van der Waals surface area (Å²) < 4.78 is 5.43. The van der Waals surface area contributed by atoms with E-state index in [0.717, 1.165) is 12.0 Å². The molecule has 5 atom stereocenters. The van der Waals surface area contributed by atoms with Gasteiger partial charge in [0, 0.05) is 19.3 Å². The fraction of sp³-hybridized carbons (Fsp3) is 0.765. The van der Waals surface area contributed by atoms with Gasteiger partial charge in [-0.05, 0) is 42.6 Å². The highest BCUT2D eigenvalue weighted by atomic mass is 16.5. The summed E-state index contributed by atoms with van der Waals surface area (Å²) in [7, 11) is 0. The Balaban J connectivity index is 2.29. The third kappa shape index (κ3) is 2.82. The summed E-state index contributed by atoms with van der Waals surface area (Å²) in [5.41, 5.74) is 1.11. The molecule has 0 aliphatic heterocycles. The molecule has 20 heavy (non-hydrogen) atoms. The molecule has 0 amide bonds. The molecule has 0 aromatic heterocycles. The largest absolute Gasteiger partial charge is 0.458 e. The fourth-order valence-corrected chi connectivity index (χ4v) is 4.08. The molecule has 0 bridgehead atoms. The summed E-state index contributed by atoms with van der Waals surface area (Å²) in [4.78, 5) is 23.6. The van der Waals surface area contributed by atoms with Crippen LogP contribution >= 0.6 is 0 Å². The SMILES string of the molecule is CC(=O)O[C@H]1C[C@@H]2[C@H](C=C1C)[C@H](C(C)C)C(=O)C[C@H]2C. The number of ketones is 1. The van der Waals surface area contributed by atoms with Crippen molar-refractivity contribution in [1.29, 1.82) is 0 Å². The van der Waals surface area contributed by atoms with Crippen LogP contribution in [0.15, 0.2) is 11.6 Å². The third-order valence-electron chi connectivity index (χ3n) is 5.01. The predicted molar refractivity (Wildman–Crippen MR) is 78.0 cm³/mol. The third-order valence-corrected chi connectivity index (χ3v) is 5.01. The Labute approximate surface area is 121 Å². The Hall–Kier alpha value is -1.12. The van der Waals surface area contributed by atoms with Gasteiger partial charge >= 0.3 is 5.97 Å². The van der Waals surface area contributed by atoms with Crippen molar-refractivity contribution in [2.24, 2.45) is 29.6 Å². The summed E-state index contributed by atoms with van der Waals surface area (Å²) in [6.07, 6.45) is 3.64. The van der Waals surface area contributed by atoms with Crippen LogP contribution in [-0.2, 0) is 14.3 Å². The average Bonchev–Trinajstić information content (AvgIpc) is 2.30. The lowest BCUT2D eigenvalue weighted by Gasteiger charge is -2.45. The monoisotopic (exact) mass is 278 g/mol. The first-order chi connectivity index (χ1) is 9.31. The molecular formula is C17H26O3. The van der Waals surface area contributed by atoms with E-state index < -0.39 is 0 Å². The second-order valence-electron chi connectivity index (χ2n) is 6.90. The molecule has 112 valence electrons. The zero-order valence-corrected chi connectivity index (χ0v) is 13.2. The zero-order chi connectivity index (χ0) is 15.0. The number of allylic oxidation sites excluding steroid dienone is 1. The molecule has 0 heterocycles. The van der Waals surface area contributed by atoms with Crippen molar-refractivity contribution < 1.29 is 14.3 Å². The van der Waals surface area contributed by atoms with Crippen LogP contribution in [0.1, 0.15) is 47.5 Å². The minimum atomic E-state index is -0.221. The number of ether oxygens (including phenoxy) is 1. The lowest BCUT2D eigenvalue weighted by molar-refractivity contribution is -0.148. The first kappa shape index (κ1) is 15.3. The summed E-state index contributed by atoms with van der Waals surface area (Å²) in [6.45, 7) is 9.91. The Bertz CT molecular complexity index is 436. The number of carbonyl (C=O) groups excluding carboxylic acids is 2. The van der Waals surface area contributed by atoms with Gasteiger partial charge in [0.15, 0.2) is 0 Å². The summed E-state index contributed by atoms with van der Waals surface area (Å²) >= 11 is 0. The van der Waals surface area contributed by atoms with Gasteiger partial charge in [0.25, 0.3) is 0 Å². The van der Waals surface area contributed by atoms with Crippen LogP contribution in [0, 0.1) is 29.6 Å². The van der Waals surface area contributed by atoms with Crippen molar-refractivity contribution in [2.45, 2.75) is 53.6 Å². The van der Waals surface area contributed by atoms with Gasteiger partial charge in [-0.1, -0.05) is 26.8 Å². The van der Waals surface area contributed by atoms with Gasteiger partial charge in [0.1, 0.15) is 11.9 Å². The van der Waals surface area contributed by atoms with E-state index in [0.29, 0.717) is 35.9 Å². The molecular weight excluding hydrogens is 252 g/mol. The molecule has 0 unspecified atom stereocenters. The topological polar surface area (TPSA) is 43.4 Å². The molecule has 0 saturated heterocycles. The van der Waals surface area contributed by atoms with E-state index in [4.69, 9.17) is 4.74 Å². The van der Waals surface area contributed by atoms with Gasteiger partial charge in [-0.2, -0.15) is 0 Å². The van der Waals surface area contributed by atoms with E-state index in [-0.39, 0.29) is 18.0 Å². The molecule has 2 rings (SSSR count). The molecule has 3 heteroatoms. The summed E-state index contributed by atoms with van der Waals surface area (Å²) in [5.74, 6) is 1.84. The van der Waals surface area contributed by atoms with E-state index >= 15 is 0 Å². The lowest BCUT2D eigenvalue weighted by Crippen LogP contribution is -2.45. The minimum Gasteiger partial charge on any atom is -0.458 e. The average molecular weight is 278 g/mol. The van der Waals surface area contributed by atoms with Crippen LogP contribution in [0.4, 0.5) is 0 Å². The zero-order valence-electron chi connectivity index (χ0n) is 13.2. The Morgan fingerprint density at radius 1 is 1.40 bits per heavy atom. The smallest absolute Gasteiger partial charge is 0.303 e. The highest BCUT2D eigenvalue weighted by Gasteiger charge is 2.45. The van der Waals surface area contributed by atoms with Crippen LogP contribution in [0.25, 0.3) is 0 Å². The van der Waals surface area contributed by atoms with Gasteiger partial charge in [-0.15, -0.1) is 0 Å². The van der Waals surface area contributed by atoms with Crippen molar-refractivity contribution in [2.75, 3.05) is 0 Å². The predicted octanol–water partition coefficient (Wildman–Crippen LogP) is 3.38. The normalized spacial score (nSPS) is 37.4. The molecule has 0 aromatic carbocycles. The quantitative estimate of drug-likeness (QED) is 0.574. The van der Waals surface area contributed by atoms with Gasteiger partial charge in [-0.3, -0.25) is 9.59 Å².